The summed E-state index contributed by atoms with van der Waals surface area (Å²) in [6.07, 6.45) is -2.79. The first-order chi connectivity index (χ1) is 6.97. The number of alkyl halides is 2. The van der Waals surface area contributed by atoms with Crippen LogP contribution in [0.15, 0.2) is 6.07 Å². The fourth-order valence-electron chi connectivity index (χ4n) is 1.02. The van der Waals surface area contributed by atoms with Gasteiger partial charge in [-0.2, -0.15) is 0 Å². The average Bonchev–Trinajstić information content (AvgIpc) is 2.15. The van der Waals surface area contributed by atoms with E-state index in [4.69, 9.17) is 10.5 Å². The second kappa shape index (κ2) is 4.69. The zero-order valence-corrected chi connectivity index (χ0v) is 9.79. The highest BCUT2D eigenvalue weighted by atomic mass is 127. The molecule has 0 atom stereocenters. The van der Waals surface area contributed by atoms with Gasteiger partial charge < -0.3 is 10.5 Å². The van der Waals surface area contributed by atoms with Gasteiger partial charge >= 0.3 is 0 Å². The first kappa shape index (κ1) is 12.1. The highest BCUT2D eigenvalue weighted by Gasteiger charge is 2.22. The largest absolute Gasteiger partial charge is 0.481 e. The Labute approximate surface area is 98.0 Å². The number of aromatic nitrogens is 1. The molecule has 7 heteroatoms. The molecule has 0 saturated carbocycles. The fraction of sp³-hybridized carbons (Fsp3) is 0.250. The maximum atomic E-state index is 12.6. The van der Waals surface area contributed by atoms with E-state index in [1.165, 1.54) is 7.11 Å². The number of rotatable bonds is 3. The van der Waals surface area contributed by atoms with Crippen molar-refractivity contribution in [3.8, 4) is 5.88 Å². The lowest BCUT2D eigenvalue weighted by Gasteiger charge is -2.09. The van der Waals surface area contributed by atoms with E-state index in [2.05, 4.69) is 4.98 Å². The quantitative estimate of drug-likeness (QED) is 0.679. The van der Waals surface area contributed by atoms with Crippen molar-refractivity contribution in [1.29, 1.82) is 0 Å². The van der Waals surface area contributed by atoms with Crippen molar-refractivity contribution in [3.05, 3.63) is 20.9 Å². The molecule has 0 aliphatic carbocycles. The first-order valence-corrected chi connectivity index (χ1v) is 4.87. The second-order valence-electron chi connectivity index (χ2n) is 2.58. The van der Waals surface area contributed by atoms with Crippen LogP contribution in [0.5, 0.6) is 5.88 Å². The minimum atomic E-state index is -2.79. The average molecular weight is 328 g/mol. The molecule has 0 aliphatic rings. The summed E-state index contributed by atoms with van der Waals surface area (Å²) in [5.74, 6) is -0.846. The lowest BCUT2D eigenvalue weighted by atomic mass is 10.1. The minimum Gasteiger partial charge on any atom is -0.481 e. The highest BCUT2D eigenvalue weighted by molar-refractivity contribution is 14.1. The van der Waals surface area contributed by atoms with Crippen molar-refractivity contribution in [2.45, 2.75) is 6.43 Å². The Bertz CT molecular complexity index is 398. The molecule has 1 aromatic rings. The van der Waals surface area contributed by atoms with Crippen LogP contribution in [0.4, 0.5) is 8.78 Å². The summed E-state index contributed by atoms with van der Waals surface area (Å²) in [5.41, 5.74) is 4.27. The van der Waals surface area contributed by atoms with Crippen molar-refractivity contribution >= 4 is 28.5 Å². The van der Waals surface area contributed by atoms with Crippen LogP contribution in [0.2, 0.25) is 0 Å². The van der Waals surface area contributed by atoms with E-state index in [1.54, 1.807) is 22.6 Å². The Morgan fingerprint density at radius 3 is 2.67 bits per heavy atom. The smallest absolute Gasteiger partial charge is 0.267 e. The normalized spacial score (nSPS) is 10.5. The lowest BCUT2D eigenvalue weighted by Crippen LogP contribution is -2.16. The Balaban J connectivity index is 3.42. The van der Waals surface area contributed by atoms with Crippen LogP contribution in [0, 0.1) is 3.70 Å². The zero-order chi connectivity index (χ0) is 11.6. The molecule has 4 nitrogen and oxygen atoms in total. The van der Waals surface area contributed by atoms with Gasteiger partial charge in [-0.25, -0.2) is 13.8 Å². The number of ether oxygens (including phenoxy) is 1. The number of halogens is 3. The summed E-state index contributed by atoms with van der Waals surface area (Å²) in [5, 5.41) is 0. The van der Waals surface area contributed by atoms with Gasteiger partial charge in [0.15, 0.2) is 0 Å². The SMILES string of the molecule is COc1cc(C(N)=O)c(C(F)F)c(I)n1. The van der Waals surface area contributed by atoms with Crippen LogP contribution in [-0.4, -0.2) is 18.0 Å². The molecule has 0 spiro atoms. The molecule has 15 heavy (non-hydrogen) atoms. The third kappa shape index (κ3) is 2.52. The van der Waals surface area contributed by atoms with Gasteiger partial charge in [0.1, 0.15) is 3.70 Å². The van der Waals surface area contributed by atoms with E-state index in [-0.39, 0.29) is 15.1 Å². The monoisotopic (exact) mass is 328 g/mol. The maximum absolute atomic E-state index is 12.6. The van der Waals surface area contributed by atoms with Gasteiger partial charge in [-0.1, -0.05) is 0 Å². The van der Waals surface area contributed by atoms with E-state index in [0.717, 1.165) is 6.07 Å². The number of hydrogen-bond donors (Lipinski definition) is 1. The van der Waals surface area contributed by atoms with E-state index in [0.29, 0.717) is 0 Å². The second-order valence-corrected chi connectivity index (χ2v) is 3.60. The van der Waals surface area contributed by atoms with E-state index >= 15 is 0 Å². The number of nitrogens with two attached hydrogens (primary N) is 1. The van der Waals surface area contributed by atoms with Gasteiger partial charge in [0.25, 0.3) is 6.43 Å². The number of hydrogen-bond acceptors (Lipinski definition) is 3. The Hall–Kier alpha value is -0.990. The zero-order valence-electron chi connectivity index (χ0n) is 7.63. The summed E-state index contributed by atoms with van der Waals surface area (Å²) in [4.78, 5) is 14.7. The molecule has 0 aromatic carbocycles. The van der Waals surface area contributed by atoms with E-state index < -0.39 is 17.9 Å². The first-order valence-electron chi connectivity index (χ1n) is 3.79. The molecular formula is C8H7F2IN2O2. The van der Waals surface area contributed by atoms with Gasteiger partial charge in [-0.15, -0.1) is 0 Å². The van der Waals surface area contributed by atoms with Crippen LogP contribution in [0.25, 0.3) is 0 Å². The predicted octanol–water partition coefficient (Wildman–Crippen LogP) is 1.73. The van der Waals surface area contributed by atoms with Crippen LogP contribution in [-0.2, 0) is 0 Å². The molecule has 1 rings (SSSR count). The molecule has 0 aliphatic heterocycles. The van der Waals surface area contributed by atoms with Crippen LogP contribution < -0.4 is 10.5 Å². The van der Waals surface area contributed by atoms with Gasteiger partial charge in [-0.05, 0) is 22.6 Å². The van der Waals surface area contributed by atoms with Crippen molar-refractivity contribution in [3.63, 3.8) is 0 Å². The summed E-state index contributed by atoms with van der Waals surface area (Å²) in [7, 11) is 1.32. The molecule has 0 unspecified atom stereocenters. The Morgan fingerprint density at radius 1 is 1.67 bits per heavy atom. The third-order valence-electron chi connectivity index (χ3n) is 1.68. The summed E-state index contributed by atoms with van der Waals surface area (Å²) >= 11 is 1.60. The maximum Gasteiger partial charge on any atom is 0.267 e. The van der Waals surface area contributed by atoms with Crippen molar-refractivity contribution in [2.75, 3.05) is 7.11 Å². The molecule has 1 amide bonds. The molecule has 1 heterocycles. The minimum absolute atomic E-state index is 0.00995. The Morgan fingerprint density at radius 2 is 2.27 bits per heavy atom. The topological polar surface area (TPSA) is 65.2 Å². The van der Waals surface area contributed by atoms with Crippen molar-refractivity contribution < 1.29 is 18.3 Å². The number of methoxy groups -OCH3 is 1. The number of nitrogens with zero attached hydrogens (tertiary/aromatic N) is 1. The van der Waals surface area contributed by atoms with Crippen LogP contribution in [0.1, 0.15) is 22.3 Å². The number of primary amides is 1. The van der Waals surface area contributed by atoms with Gasteiger partial charge in [-0.3, -0.25) is 4.79 Å². The van der Waals surface area contributed by atoms with Crippen molar-refractivity contribution in [2.24, 2.45) is 5.73 Å². The molecular weight excluding hydrogens is 321 g/mol. The van der Waals surface area contributed by atoms with Gasteiger partial charge in [0, 0.05) is 6.07 Å². The van der Waals surface area contributed by atoms with Crippen LogP contribution in [0.3, 0.4) is 0 Å². The molecule has 0 saturated heterocycles. The van der Waals surface area contributed by atoms with Crippen LogP contribution >= 0.6 is 22.6 Å². The number of carbonyl (C=O) groups is 1. The standard InChI is InChI=1S/C8H7F2IN2O2/c1-15-4-2-3(8(12)14)5(6(9)10)7(11)13-4/h2,6H,1H3,(H2,12,14). The summed E-state index contributed by atoms with van der Waals surface area (Å²) < 4.78 is 29.9. The summed E-state index contributed by atoms with van der Waals surface area (Å²) in [6, 6.07) is 1.10. The third-order valence-corrected chi connectivity index (χ3v) is 2.50. The highest BCUT2D eigenvalue weighted by Crippen LogP contribution is 2.29. The Kier molecular flexibility index (Phi) is 3.77. The number of carbonyl (C=O) groups excluding carboxylic acids is 1. The van der Waals surface area contributed by atoms with E-state index in [1.807, 2.05) is 0 Å². The van der Waals surface area contributed by atoms with Crippen molar-refractivity contribution in [1.82, 2.24) is 4.98 Å². The number of amides is 1. The van der Waals surface area contributed by atoms with E-state index in [9.17, 15) is 13.6 Å². The molecule has 0 bridgehead atoms. The van der Waals surface area contributed by atoms with Gasteiger partial charge in [0.05, 0.1) is 18.2 Å². The lowest BCUT2D eigenvalue weighted by molar-refractivity contribution is 0.0984. The van der Waals surface area contributed by atoms with Gasteiger partial charge in [0.2, 0.25) is 11.8 Å². The molecule has 2 N–H and O–H groups in total. The molecule has 0 radical (unpaired) electrons. The molecule has 82 valence electrons. The summed E-state index contributed by atoms with van der Waals surface area (Å²) in [6.45, 7) is 0. The molecule has 0 fully saturated rings. The predicted molar refractivity (Wildman–Crippen MR) is 57.0 cm³/mol. The molecule has 1 aromatic heterocycles. The fourth-order valence-corrected chi connectivity index (χ4v) is 1.78. The number of pyridine rings is 1.